The lowest BCUT2D eigenvalue weighted by Crippen LogP contribution is -2.24. The molecule has 0 spiro atoms. The number of rotatable bonds is 6. The number of carbonyl (C=O) groups is 1. The van der Waals surface area contributed by atoms with E-state index in [1.807, 2.05) is 26.0 Å². The Morgan fingerprint density at radius 3 is 2.32 bits per heavy atom. The molecule has 0 radical (unpaired) electrons. The van der Waals surface area contributed by atoms with Crippen LogP contribution < -0.4 is 10.7 Å². The van der Waals surface area contributed by atoms with Crippen LogP contribution in [0.25, 0.3) is 10.9 Å². The van der Waals surface area contributed by atoms with Gasteiger partial charge in [0.1, 0.15) is 17.3 Å². The van der Waals surface area contributed by atoms with Crippen molar-refractivity contribution < 1.29 is 17.6 Å². The maximum absolute atomic E-state index is 14.0. The number of halogens is 1. The molecular weight excluding hydrogens is 455 g/mol. The molecule has 0 saturated heterocycles. The maximum atomic E-state index is 14.0. The van der Waals surface area contributed by atoms with Gasteiger partial charge in [0.15, 0.2) is 0 Å². The van der Waals surface area contributed by atoms with Crippen LogP contribution in [0.3, 0.4) is 0 Å². The topological polar surface area (TPSA) is 85.2 Å². The monoisotopic (exact) mass is 478 g/mol. The fourth-order valence-corrected chi connectivity index (χ4v) is 5.06. The summed E-state index contributed by atoms with van der Waals surface area (Å²) in [4.78, 5) is 25.3. The average molecular weight is 479 g/mol. The van der Waals surface area contributed by atoms with Crippen LogP contribution in [0, 0.1) is 12.7 Å². The summed E-state index contributed by atoms with van der Waals surface area (Å²) in [5, 5.41) is 2.63. The number of nitrogens with zero attached hydrogens (tertiary/aromatic N) is 1. The molecular formula is C26H23FN2O4S. The first-order chi connectivity index (χ1) is 16.2. The number of hydrogen-bond donors (Lipinski definition) is 1. The number of benzene rings is 3. The van der Waals surface area contributed by atoms with Crippen molar-refractivity contribution >= 4 is 32.3 Å². The zero-order chi connectivity index (χ0) is 24.5. The fraction of sp³-hybridized carbons (Fsp3) is 0.154. The van der Waals surface area contributed by atoms with Gasteiger partial charge in [0.25, 0.3) is 0 Å². The summed E-state index contributed by atoms with van der Waals surface area (Å²) in [5.41, 5.74) is 2.00. The fourth-order valence-electron chi connectivity index (χ4n) is 3.69. The van der Waals surface area contributed by atoms with Crippen molar-refractivity contribution in [2.45, 2.75) is 36.6 Å². The molecule has 0 saturated carbocycles. The van der Waals surface area contributed by atoms with E-state index in [4.69, 9.17) is 0 Å². The second-order valence-electron chi connectivity index (χ2n) is 8.03. The molecule has 0 atom stereocenters. The minimum Gasteiger partial charge on any atom is -0.336 e. The molecule has 0 aliphatic carbocycles. The van der Waals surface area contributed by atoms with Crippen LogP contribution in [0.1, 0.15) is 18.1 Å². The number of pyridine rings is 1. The van der Waals surface area contributed by atoms with E-state index in [2.05, 4.69) is 5.32 Å². The van der Waals surface area contributed by atoms with Gasteiger partial charge in [0.05, 0.1) is 10.4 Å². The van der Waals surface area contributed by atoms with Crippen LogP contribution >= 0.6 is 0 Å². The Balaban J connectivity index is 1.80. The minimum absolute atomic E-state index is 0.0480. The third-order valence-corrected chi connectivity index (χ3v) is 7.35. The highest BCUT2D eigenvalue weighted by atomic mass is 32.2. The normalized spacial score (nSPS) is 11.5. The van der Waals surface area contributed by atoms with E-state index < -0.39 is 31.9 Å². The SMILES string of the molecule is CCc1ccc(S(=O)(=O)c2cn(CC(=O)Nc3ccc(C)cc3)c3ccc(F)cc3c2=O)cc1. The quantitative estimate of drug-likeness (QED) is 0.443. The molecule has 34 heavy (non-hydrogen) atoms. The molecule has 1 heterocycles. The summed E-state index contributed by atoms with van der Waals surface area (Å²) in [7, 11) is -4.21. The second-order valence-corrected chi connectivity index (χ2v) is 9.95. The smallest absolute Gasteiger partial charge is 0.244 e. The third kappa shape index (κ3) is 4.63. The number of sulfone groups is 1. The van der Waals surface area contributed by atoms with Crippen molar-refractivity contribution in [1.82, 2.24) is 4.57 Å². The van der Waals surface area contributed by atoms with Gasteiger partial charge >= 0.3 is 0 Å². The van der Waals surface area contributed by atoms with E-state index in [-0.39, 0.29) is 22.3 Å². The van der Waals surface area contributed by atoms with Crippen molar-refractivity contribution in [3.8, 4) is 0 Å². The Hall–Kier alpha value is -3.78. The van der Waals surface area contributed by atoms with Gasteiger partial charge in [-0.15, -0.1) is 0 Å². The number of hydrogen-bond acceptors (Lipinski definition) is 4. The Morgan fingerprint density at radius 2 is 1.68 bits per heavy atom. The van der Waals surface area contributed by atoms with Gasteiger partial charge in [0.2, 0.25) is 21.2 Å². The van der Waals surface area contributed by atoms with E-state index in [1.165, 1.54) is 22.8 Å². The number of aromatic nitrogens is 1. The first-order valence-electron chi connectivity index (χ1n) is 10.7. The molecule has 0 unspecified atom stereocenters. The van der Waals surface area contributed by atoms with Crippen molar-refractivity contribution in [2.75, 3.05) is 5.32 Å². The van der Waals surface area contributed by atoms with Crippen LogP contribution in [0.15, 0.2) is 87.5 Å². The minimum atomic E-state index is -4.21. The number of carbonyl (C=O) groups excluding carboxylic acids is 1. The van der Waals surface area contributed by atoms with Gasteiger partial charge in [-0.05, 0) is 61.4 Å². The van der Waals surface area contributed by atoms with Crippen LogP contribution in [-0.4, -0.2) is 18.9 Å². The Morgan fingerprint density at radius 1 is 1.00 bits per heavy atom. The van der Waals surface area contributed by atoms with Crippen LogP contribution in [-0.2, 0) is 27.6 Å². The second kappa shape index (κ2) is 9.23. The molecule has 4 aromatic rings. The molecule has 1 aromatic heterocycles. The van der Waals surface area contributed by atoms with Crippen molar-refractivity contribution in [1.29, 1.82) is 0 Å². The number of amides is 1. The molecule has 1 amide bonds. The Bertz CT molecular complexity index is 1540. The number of aryl methyl sites for hydroxylation is 2. The lowest BCUT2D eigenvalue weighted by Gasteiger charge is -2.14. The van der Waals surface area contributed by atoms with Crippen LogP contribution in [0.4, 0.5) is 10.1 Å². The van der Waals surface area contributed by atoms with Gasteiger partial charge < -0.3 is 9.88 Å². The zero-order valence-electron chi connectivity index (χ0n) is 18.7. The number of anilines is 1. The van der Waals surface area contributed by atoms with E-state index >= 15 is 0 Å². The number of nitrogens with one attached hydrogen (secondary N) is 1. The lowest BCUT2D eigenvalue weighted by atomic mass is 10.2. The van der Waals surface area contributed by atoms with Gasteiger partial charge in [-0.25, -0.2) is 12.8 Å². The molecule has 4 rings (SSSR count). The molecule has 1 N–H and O–H groups in total. The Labute approximate surface area is 196 Å². The molecule has 6 nitrogen and oxygen atoms in total. The van der Waals surface area contributed by atoms with E-state index in [0.29, 0.717) is 5.69 Å². The summed E-state index contributed by atoms with van der Waals surface area (Å²) >= 11 is 0. The lowest BCUT2D eigenvalue weighted by molar-refractivity contribution is -0.116. The molecule has 0 fully saturated rings. The highest BCUT2D eigenvalue weighted by Crippen LogP contribution is 2.22. The first kappa shape index (κ1) is 23.4. The first-order valence-corrected chi connectivity index (χ1v) is 12.2. The predicted octanol–water partition coefficient (Wildman–Crippen LogP) is 4.48. The van der Waals surface area contributed by atoms with Gasteiger partial charge in [-0.1, -0.05) is 36.8 Å². The molecule has 3 aromatic carbocycles. The molecule has 0 bridgehead atoms. The van der Waals surface area contributed by atoms with E-state index in [9.17, 15) is 22.4 Å². The van der Waals surface area contributed by atoms with Gasteiger partial charge in [-0.2, -0.15) is 0 Å². The third-order valence-electron chi connectivity index (χ3n) is 5.59. The van der Waals surface area contributed by atoms with Gasteiger partial charge in [0, 0.05) is 17.3 Å². The van der Waals surface area contributed by atoms with E-state index in [1.54, 1.807) is 24.3 Å². The van der Waals surface area contributed by atoms with Crippen LogP contribution in [0.5, 0.6) is 0 Å². The average Bonchev–Trinajstić information content (AvgIpc) is 2.82. The molecule has 174 valence electrons. The predicted molar refractivity (Wildman–Crippen MR) is 129 cm³/mol. The van der Waals surface area contributed by atoms with Crippen molar-refractivity contribution in [3.05, 3.63) is 100 Å². The summed E-state index contributed by atoms with van der Waals surface area (Å²) < 4.78 is 42.0. The van der Waals surface area contributed by atoms with E-state index in [0.717, 1.165) is 35.9 Å². The summed E-state index contributed by atoms with van der Waals surface area (Å²) in [6.07, 6.45) is 1.89. The molecule has 0 aliphatic rings. The largest absolute Gasteiger partial charge is 0.336 e. The standard InChI is InChI=1S/C26H23FN2O4S/c1-3-18-6-11-21(12-7-18)34(32,33)24-15-29(23-13-8-19(27)14-22(23)26(24)31)16-25(30)28-20-9-4-17(2)5-10-20/h4-15H,3,16H2,1-2H3,(H,28,30). The number of fused-ring (bicyclic) bond motifs is 1. The summed E-state index contributed by atoms with van der Waals surface area (Å²) in [6.45, 7) is 3.60. The summed E-state index contributed by atoms with van der Waals surface area (Å²) in [5.74, 6) is -1.10. The highest BCUT2D eigenvalue weighted by Gasteiger charge is 2.24. The zero-order valence-corrected chi connectivity index (χ0v) is 19.5. The summed E-state index contributed by atoms with van der Waals surface area (Å²) in [6, 6.07) is 17.0. The maximum Gasteiger partial charge on any atom is 0.244 e. The van der Waals surface area contributed by atoms with Crippen LogP contribution in [0.2, 0.25) is 0 Å². The highest BCUT2D eigenvalue weighted by molar-refractivity contribution is 7.91. The Kier molecular flexibility index (Phi) is 6.34. The molecule has 0 aliphatic heterocycles. The van der Waals surface area contributed by atoms with Crippen molar-refractivity contribution in [2.24, 2.45) is 0 Å². The molecule has 8 heteroatoms. The van der Waals surface area contributed by atoms with Gasteiger partial charge in [-0.3, -0.25) is 9.59 Å². The van der Waals surface area contributed by atoms with Crippen molar-refractivity contribution in [3.63, 3.8) is 0 Å².